The number of nitrogens with zero attached hydrogens (tertiary/aromatic N) is 2. The van der Waals surface area contributed by atoms with Crippen molar-refractivity contribution in [2.75, 3.05) is 13.1 Å². The van der Waals surface area contributed by atoms with Gasteiger partial charge in [0.1, 0.15) is 5.65 Å². The Morgan fingerprint density at radius 1 is 1.22 bits per heavy atom. The fraction of sp³-hybridized carbons (Fsp3) is 0.111. The van der Waals surface area contributed by atoms with Crippen molar-refractivity contribution in [3.05, 3.63) is 66.8 Å². The number of amides is 1. The molecular weight excluding hydrogens is 306 g/mol. The first-order valence-corrected chi connectivity index (χ1v) is 8.09. The van der Waals surface area contributed by atoms with Gasteiger partial charge in [0.2, 0.25) is 0 Å². The van der Waals surface area contributed by atoms with Crippen molar-refractivity contribution in [2.24, 2.45) is 0 Å². The van der Waals surface area contributed by atoms with Gasteiger partial charge in [-0.2, -0.15) is 0 Å². The van der Waals surface area contributed by atoms with Crippen LogP contribution in [0.4, 0.5) is 0 Å². The van der Waals surface area contributed by atoms with E-state index in [2.05, 4.69) is 23.1 Å². The second-order valence-corrected chi connectivity index (χ2v) is 6.13. The van der Waals surface area contributed by atoms with Crippen LogP contribution in [-0.4, -0.2) is 33.9 Å². The van der Waals surface area contributed by atoms with E-state index in [4.69, 9.17) is 0 Å². The summed E-state index contributed by atoms with van der Waals surface area (Å²) in [5.74, 6) is 0.000388. The molecule has 3 heterocycles. The average molecular weight is 323 g/mol. The van der Waals surface area contributed by atoms with Gasteiger partial charge in [-0.05, 0) is 24.3 Å². The van der Waals surface area contributed by atoms with Crippen LogP contribution < -0.4 is 0 Å². The van der Waals surface area contributed by atoms with Gasteiger partial charge >= 0.3 is 0 Å². The summed E-state index contributed by atoms with van der Waals surface area (Å²) in [5.41, 5.74) is 1.93. The summed E-state index contributed by atoms with van der Waals surface area (Å²) in [6.45, 7) is 8.43. The lowest BCUT2D eigenvalue weighted by Crippen LogP contribution is -2.30. The van der Waals surface area contributed by atoms with Crippen LogP contribution in [0.2, 0.25) is 0 Å². The van der Waals surface area contributed by atoms with Gasteiger partial charge in [0.05, 0.1) is 4.88 Å². The second-order valence-electron chi connectivity index (χ2n) is 5.05. The largest absolute Gasteiger partial charge is 0.346 e. The number of hydrogen-bond donors (Lipinski definition) is 1. The zero-order chi connectivity index (χ0) is 16.2. The van der Waals surface area contributed by atoms with Crippen LogP contribution in [0.15, 0.2) is 62.0 Å². The predicted molar refractivity (Wildman–Crippen MR) is 95.7 cm³/mol. The van der Waals surface area contributed by atoms with Gasteiger partial charge in [-0.1, -0.05) is 12.2 Å². The minimum atomic E-state index is 0.000388. The lowest BCUT2D eigenvalue weighted by atomic mass is 10.1. The molecule has 5 heteroatoms. The van der Waals surface area contributed by atoms with Crippen molar-refractivity contribution in [3.63, 3.8) is 0 Å². The Morgan fingerprint density at radius 2 is 2.00 bits per heavy atom. The van der Waals surface area contributed by atoms with E-state index in [0.29, 0.717) is 18.0 Å². The van der Waals surface area contributed by atoms with Crippen molar-refractivity contribution in [1.82, 2.24) is 14.9 Å². The molecule has 0 saturated carbocycles. The molecule has 0 aliphatic heterocycles. The van der Waals surface area contributed by atoms with E-state index in [1.165, 1.54) is 11.3 Å². The van der Waals surface area contributed by atoms with Gasteiger partial charge in [-0.15, -0.1) is 24.5 Å². The average Bonchev–Trinajstić information content (AvgIpc) is 3.22. The number of H-pyrrole nitrogens is 1. The maximum absolute atomic E-state index is 12.6. The Bertz CT molecular complexity index is 852. The summed E-state index contributed by atoms with van der Waals surface area (Å²) in [6.07, 6.45) is 7.10. The third-order valence-corrected chi connectivity index (χ3v) is 4.64. The highest BCUT2D eigenvalue weighted by atomic mass is 32.1. The molecule has 0 saturated heterocycles. The topological polar surface area (TPSA) is 49.0 Å². The molecule has 0 radical (unpaired) electrons. The Kier molecular flexibility index (Phi) is 4.39. The minimum Gasteiger partial charge on any atom is -0.346 e. The van der Waals surface area contributed by atoms with Crippen molar-refractivity contribution in [1.29, 1.82) is 0 Å². The molecule has 0 aliphatic carbocycles. The summed E-state index contributed by atoms with van der Waals surface area (Å²) in [6, 6.07) is 7.84. The van der Waals surface area contributed by atoms with Gasteiger partial charge in [0, 0.05) is 41.3 Å². The molecule has 0 bridgehead atoms. The number of carbonyl (C=O) groups is 1. The fourth-order valence-electron chi connectivity index (χ4n) is 2.48. The normalized spacial score (nSPS) is 10.6. The number of aromatic nitrogens is 2. The SMILES string of the molecule is C=CCN(CC=C)C(=O)c1ccc(-c2ccnc3[nH]ccc23)s1. The molecule has 0 spiro atoms. The molecule has 3 aromatic rings. The maximum Gasteiger partial charge on any atom is 0.264 e. The third kappa shape index (κ3) is 2.96. The molecular formula is C18H17N3OS. The van der Waals surface area contributed by atoms with Gasteiger partial charge in [-0.25, -0.2) is 4.98 Å². The van der Waals surface area contributed by atoms with Gasteiger partial charge in [-0.3, -0.25) is 4.79 Å². The first kappa shape index (κ1) is 15.2. The van der Waals surface area contributed by atoms with Gasteiger partial charge in [0.15, 0.2) is 0 Å². The number of pyridine rings is 1. The van der Waals surface area contributed by atoms with Gasteiger partial charge < -0.3 is 9.88 Å². The monoisotopic (exact) mass is 323 g/mol. The number of carbonyl (C=O) groups excluding carboxylic acids is 1. The molecule has 1 N–H and O–H groups in total. The molecule has 4 nitrogen and oxygen atoms in total. The highest BCUT2D eigenvalue weighted by Gasteiger charge is 2.17. The number of fused-ring (bicyclic) bond motifs is 1. The Morgan fingerprint density at radius 3 is 2.74 bits per heavy atom. The molecule has 0 atom stereocenters. The number of hydrogen-bond acceptors (Lipinski definition) is 3. The molecule has 0 aromatic carbocycles. The summed E-state index contributed by atoms with van der Waals surface area (Å²) in [7, 11) is 0. The number of rotatable bonds is 6. The highest BCUT2D eigenvalue weighted by molar-refractivity contribution is 7.17. The molecule has 23 heavy (non-hydrogen) atoms. The lowest BCUT2D eigenvalue weighted by molar-refractivity contribution is 0.0795. The lowest BCUT2D eigenvalue weighted by Gasteiger charge is -2.18. The van der Waals surface area contributed by atoms with E-state index >= 15 is 0 Å². The standard InChI is InChI=1S/C18H17N3OS/c1-3-11-21(12-4-2)18(22)16-6-5-15(23-16)13-7-9-19-17-14(13)8-10-20-17/h3-10H,1-2,11-12H2,(H,19,20). The minimum absolute atomic E-state index is 0.000388. The van der Waals surface area contributed by atoms with Crippen LogP contribution in [0.3, 0.4) is 0 Å². The molecule has 0 unspecified atom stereocenters. The molecule has 3 rings (SSSR count). The van der Waals surface area contributed by atoms with Gasteiger partial charge in [0.25, 0.3) is 5.91 Å². The third-order valence-electron chi connectivity index (χ3n) is 3.53. The van der Waals surface area contributed by atoms with E-state index < -0.39 is 0 Å². The van der Waals surface area contributed by atoms with Crippen molar-refractivity contribution < 1.29 is 4.79 Å². The number of aromatic amines is 1. The smallest absolute Gasteiger partial charge is 0.264 e. The molecule has 0 fully saturated rings. The zero-order valence-corrected chi connectivity index (χ0v) is 13.5. The summed E-state index contributed by atoms with van der Waals surface area (Å²) in [4.78, 5) is 23.5. The van der Waals surface area contributed by atoms with Crippen LogP contribution in [0.5, 0.6) is 0 Å². The van der Waals surface area contributed by atoms with E-state index in [-0.39, 0.29) is 5.91 Å². The molecule has 3 aromatic heterocycles. The quantitative estimate of drug-likeness (QED) is 0.694. The van der Waals surface area contributed by atoms with Crippen molar-refractivity contribution in [3.8, 4) is 10.4 Å². The summed E-state index contributed by atoms with van der Waals surface area (Å²) >= 11 is 1.49. The van der Waals surface area contributed by atoms with E-state index in [1.54, 1.807) is 23.2 Å². The van der Waals surface area contributed by atoms with Crippen LogP contribution in [0.1, 0.15) is 9.67 Å². The predicted octanol–water partition coefficient (Wildman–Crippen LogP) is 4.11. The Balaban J connectivity index is 1.93. The van der Waals surface area contributed by atoms with Crippen LogP contribution >= 0.6 is 11.3 Å². The second kappa shape index (κ2) is 6.62. The maximum atomic E-state index is 12.6. The molecule has 1 amide bonds. The van der Waals surface area contributed by atoms with Crippen LogP contribution in [-0.2, 0) is 0 Å². The number of nitrogens with one attached hydrogen (secondary N) is 1. The first-order chi connectivity index (χ1) is 11.2. The summed E-state index contributed by atoms with van der Waals surface area (Å²) in [5, 5.41) is 1.06. The fourth-order valence-corrected chi connectivity index (χ4v) is 3.49. The van der Waals surface area contributed by atoms with Crippen molar-refractivity contribution in [2.45, 2.75) is 0 Å². The van der Waals surface area contributed by atoms with Crippen LogP contribution in [0, 0.1) is 0 Å². The van der Waals surface area contributed by atoms with E-state index in [0.717, 1.165) is 21.5 Å². The molecule has 0 aliphatic rings. The first-order valence-electron chi connectivity index (χ1n) is 7.28. The van der Waals surface area contributed by atoms with E-state index in [1.807, 2.05) is 30.5 Å². The van der Waals surface area contributed by atoms with Crippen molar-refractivity contribution >= 4 is 28.3 Å². The summed E-state index contributed by atoms with van der Waals surface area (Å²) < 4.78 is 0. The highest BCUT2D eigenvalue weighted by Crippen LogP contribution is 2.33. The van der Waals surface area contributed by atoms with Crippen LogP contribution in [0.25, 0.3) is 21.5 Å². The zero-order valence-electron chi connectivity index (χ0n) is 12.7. The van der Waals surface area contributed by atoms with E-state index in [9.17, 15) is 4.79 Å². The Hall–Kier alpha value is -2.66. The Labute approximate surface area is 138 Å². The molecule has 116 valence electrons. The number of thiophene rings is 1.